The molecule has 0 heterocycles. The first kappa shape index (κ1) is 16.4. The molecule has 1 N–H and O–H groups in total. The predicted octanol–water partition coefficient (Wildman–Crippen LogP) is 3.50. The first-order valence-electron chi connectivity index (χ1n) is 6.97. The number of anilines is 1. The summed E-state index contributed by atoms with van der Waals surface area (Å²) >= 11 is 0. The summed E-state index contributed by atoms with van der Waals surface area (Å²) in [6.07, 6.45) is 3.43. The highest BCUT2D eigenvalue weighted by atomic mass is 19.1. The number of nitrogens with one attached hydrogen (secondary N) is 1. The summed E-state index contributed by atoms with van der Waals surface area (Å²) < 4.78 is 17.2. The fourth-order valence-corrected chi connectivity index (χ4v) is 1.85. The molecule has 2 rings (SSSR count). The van der Waals surface area contributed by atoms with Gasteiger partial charge in [0, 0.05) is 5.69 Å². The minimum atomic E-state index is -0.582. The topological polar surface area (TPSA) is 55.4 Å². The van der Waals surface area contributed by atoms with Gasteiger partial charge in [0.15, 0.2) is 0 Å². The number of esters is 1. The zero-order chi connectivity index (χ0) is 16.7. The second-order valence-corrected chi connectivity index (χ2v) is 4.81. The van der Waals surface area contributed by atoms with E-state index in [9.17, 15) is 14.0 Å². The lowest BCUT2D eigenvalue weighted by Gasteiger charge is -2.04. The molecule has 118 valence electrons. The largest absolute Gasteiger partial charge is 0.469 e. The van der Waals surface area contributed by atoms with Crippen molar-refractivity contribution in [3.05, 3.63) is 65.5 Å². The molecule has 0 radical (unpaired) electrons. The quantitative estimate of drug-likeness (QED) is 0.522. The molecular weight excluding hydrogens is 297 g/mol. The summed E-state index contributed by atoms with van der Waals surface area (Å²) in [5, 5.41) is 2.61. The number of hydrogen-bond acceptors (Lipinski definition) is 3. The molecule has 0 aliphatic carbocycles. The van der Waals surface area contributed by atoms with Crippen LogP contribution in [0.5, 0.6) is 0 Å². The van der Waals surface area contributed by atoms with E-state index in [-0.39, 0.29) is 12.2 Å². The smallest absolute Gasteiger partial charge is 0.315 e. The molecule has 0 saturated heterocycles. The minimum absolute atomic E-state index is 0.269. The summed E-state index contributed by atoms with van der Waals surface area (Å²) in [4.78, 5) is 22.5. The van der Waals surface area contributed by atoms with Gasteiger partial charge in [-0.1, -0.05) is 36.4 Å². The number of halogens is 1. The molecule has 0 aliphatic rings. The summed E-state index contributed by atoms with van der Waals surface area (Å²) in [5.74, 6) is -1.28. The van der Waals surface area contributed by atoms with E-state index in [1.807, 2.05) is 24.3 Å². The zero-order valence-electron chi connectivity index (χ0n) is 12.6. The Morgan fingerprint density at radius 2 is 1.52 bits per heavy atom. The Bertz CT molecular complexity index is 706. The fraction of sp³-hybridized carbons (Fsp3) is 0.111. The number of carbonyl (C=O) groups excluding carboxylic acids is 2. The molecule has 0 atom stereocenters. The van der Waals surface area contributed by atoms with E-state index in [0.29, 0.717) is 5.69 Å². The minimum Gasteiger partial charge on any atom is -0.469 e. The van der Waals surface area contributed by atoms with Crippen molar-refractivity contribution < 1.29 is 18.7 Å². The SMILES string of the molecule is COC(=O)CC(=O)Nc1ccc(/C=C/c2ccc(F)cc2)cc1. The number of hydrogen-bond donors (Lipinski definition) is 1. The van der Waals surface area contributed by atoms with Crippen molar-refractivity contribution in [2.24, 2.45) is 0 Å². The van der Waals surface area contributed by atoms with Crippen LogP contribution >= 0.6 is 0 Å². The van der Waals surface area contributed by atoms with Gasteiger partial charge in [-0.05, 0) is 35.4 Å². The average Bonchev–Trinajstić information content (AvgIpc) is 2.55. The first-order chi connectivity index (χ1) is 11.1. The fourth-order valence-electron chi connectivity index (χ4n) is 1.85. The van der Waals surface area contributed by atoms with Crippen LogP contribution in [0, 0.1) is 5.82 Å². The van der Waals surface area contributed by atoms with Crippen LogP contribution in [-0.2, 0) is 14.3 Å². The van der Waals surface area contributed by atoms with E-state index in [4.69, 9.17) is 0 Å². The summed E-state index contributed by atoms with van der Waals surface area (Å²) in [6.45, 7) is 0. The van der Waals surface area contributed by atoms with E-state index in [1.54, 1.807) is 24.3 Å². The molecule has 0 unspecified atom stereocenters. The molecule has 2 aromatic rings. The van der Waals surface area contributed by atoms with Crippen LogP contribution in [0.3, 0.4) is 0 Å². The van der Waals surface area contributed by atoms with E-state index in [0.717, 1.165) is 11.1 Å². The standard InChI is InChI=1S/C18H16FNO3/c1-23-18(22)12-17(21)20-16-10-6-14(7-11-16)3-2-13-4-8-15(19)9-5-13/h2-11H,12H2,1H3,(H,20,21)/b3-2+. The van der Waals surface area contributed by atoms with Gasteiger partial charge in [-0.25, -0.2) is 4.39 Å². The normalized spacial score (nSPS) is 10.5. The molecule has 1 amide bonds. The second kappa shape index (κ2) is 7.89. The Morgan fingerprint density at radius 3 is 2.04 bits per heavy atom. The van der Waals surface area contributed by atoms with E-state index < -0.39 is 11.9 Å². The predicted molar refractivity (Wildman–Crippen MR) is 87.0 cm³/mol. The van der Waals surface area contributed by atoms with Crippen molar-refractivity contribution in [3.63, 3.8) is 0 Å². The number of carbonyl (C=O) groups is 2. The lowest BCUT2D eigenvalue weighted by Crippen LogP contribution is -2.17. The Balaban J connectivity index is 1.95. The summed E-state index contributed by atoms with van der Waals surface area (Å²) in [7, 11) is 1.23. The van der Waals surface area contributed by atoms with Gasteiger partial charge in [0.1, 0.15) is 12.2 Å². The average molecular weight is 313 g/mol. The van der Waals surface area contributed by atoms with Crippen molar-refractivity contribution in [1.29, 1.82) is 0 Å². The van der Waals surface area contributed by atoms with Gasteiger partial charge in [-0.2, -0.15) is 0 Å². The van der Waals surface area contributed by atoms with Crippen molar-refractivity contribution in [2.45, 2.75) is 6.42 Å². The van der Waals surface area contributed by atoms with Crippen molar-refractivity contribution in [1.82, 2.24) is 0 Å². The Kier molecular flexibility index (Phi) is 5.63. The third kappa shape index (κ3) is 5.39. The lowest BCUT2D eigenvalue weighted by molar-refractivity contribution is -0.142. The molecule has 0 aromatic heterocycles. The van der Waals surface area contributed by atoms with Crippen LogP contribution in [0.2, 0.25) is 0 Å². The van der Waals surface area contributed by atoms with Gasteiger partial charge in [0.2, 0.25) is 5.91 Å². The zero-order valence-corrected chi connectivity index (χ0v) is 12.6. The Labute approximate surface area is 133 Å². The third-order valence-electron chi connectivity index (χ3n) is 3.07. The number of rotatable bonds is 5. The van der Waals surface area contributed by atoms with Crippen molar-refractivity contribution in [2.75, 3.05) is 12.4 Å². The van der Waals surface area contributed by atoms with Crippen molar-refractivity contribution >= 4 is 29.7 Å². The molecule has 0 spiro atoms. The monoisotopic (exact) mass is 313 g/mol. The van der Waals surface area contributed by atoms with Crippen LogP contribution < -0.4 is 5.32 Å². The maximum atomic E-state index is 12.8. The molecule has 23 heavy (non-hydrogen) atoms. The van der Waals surface area contributed by atoms with Gasteiger partial charge in [-0.3, -0.25) is 9.59 Å². The van der Waals surface area contributed by atoms with Crippen LogP contribution in [0.4, 0.5) is 10.1 Å². The van der Waals surface area contributed by atoms with E-state index in [2.05, 4.69) is 10.1 Å². The van der Waals surface area contributed by atoms with E-state index >= 15 is 0 Å². The highest BCUT2D eigenvalue weighted by molar-refractivity contribution is 6.01. The molecule has 2 aromatic carbocycles. The number of amides is 1. The van der Waals surface area contributed by atoms with Gasteiger partial charge in [-0.15, -0.1) is 0 Å². The molecule has 0 fully saturated rings. The van der Waals surface area contributed by atoms with Gasteiger partial charge in [0.05, 0.1) is 7.11 Å². The molecule has 0 bridgehead atoms. The molecule has 5 heteroatoms. The van der Waals surface area contributed by atoms with Crippen molar-refractivity contribution in [3.8, 4) is 0 Å². The number of benzene rings is 2. The highest BCUT2D eigenvalue weighted by Gasteiger charge is 2.09. The maximum absolute atomic E-state index is 12.8. The van der Waals surface area contributed by atoms with Gasteiger partial charge < -0.3 is 10.1 Å². The first-order valence-corrected chi connectivity index (χ1v) is 6.97. The molecular formula is C18H16FNO3. The lowest BCUT2D eigenvalue weighted by atomic mass is 10.1. The third-order valence-corrected chi connectivity index (χ3v) is 3.07. The molecule has 0 aliphatic heterocycles. The van der Waals surface area contributed by atoms with Crippen LogP contribution in [-0.4, -0.2) is 19.0 Å². The van der Waals surface area contributed by atoms with Gasteiger partial charge >= 0.3 is 5.97 Å². The second-order valence-electron chi connectivity index (χ2n) is 4.81. The summed E-state index contributed by atoms with van der Waals surface area (Å²) in [6, 6.07) is 13.3. The highest BCUT2D eigenvalue weighted by Crippen LogP contribution is 2.13. The van der Waals surface area contributed by atoms with Crippen LogP contribution in [0.1, 0.15) is 17.5 Å². The maximum Gasteiger partial charge on any atom is 0.315 e. The number of methoxy groups -OCH3 is 1. The van der Waals surface area contributed by atoms with Crippen LogP contribution in [0.15, 0.2) is 48.5 Å². The van der Waals surface area contributed by atoms with E-state index in [1.165, 1.54) is 19.2 Å². The molecule has 0 saturated carbocycles. The van der Waals surface area contributed by atoms with Crippen LogP contribution in [0.25, 0.3) is 12.2 Å². The Hall–Kier alpha value is -2.95. The molecule has 4 nitrogen and oxygen atoms in total. The van der Waals surface area contributed by atoms with Gasteiger partial charge in [0.25, 0.3) is 0 Å². The summed E-state index contributed by atoms with van der Waals surface area (Å²) in [5.41, 5.74) is 2.42. The Morgan fingerprint density at radius 1 is 1.00 bits per heavy atom. The number of ether oxygens (including phenoxy) is 1.